The second-order valence-electron chi connectivity index (χ2n) is 4.99. The Kier molecular flexibility index (Phi) is 3.87. The second kappa shape index (κ2) is 5.97. The van der Waals surface area contributed by atoms with Crippen molar-refractivity contribution >= 4 is 0 Å². The van der Waals surface area contributed by atoms with Crippen LogP contribution in [0.2, 0.25) is 0 Å². The van der Waals surface area contributed by atoms with Crippen LogP contribution in [-0.2, 0) is 6.61 Å². The van der Waals surface area contributed by atoms with Crippen molar-refractivity contribution in [3.63, 3.8) is 0 Å². The van der Waals surface area contributed by atoms with Gasteiger partial charge in [0, 0.05) is 0 Å². The molecule has 0 atom stereocenters. The number of nitrogens with zero attached hydrogens (tertiary/aromatic N) is 2. The summed E-state index contributed by atoms with van der Waals surface area (Å²) in [5.41, 5.74) is 2.36. The number of halogens is 1. The third-order valence-corrected chi connectivity index (χ3v) is 3.32. The number of hydrogen-bond donors (Lipinski definition) is 0. The van der Waals surface area contributed by atoms with Crippen LogP contribution in [0.15, 0.2) is 46.9 Å². The standard InChI is InChI=1S/C17H15FN2O2/c1-11-6-5-7-12(2)16(11)21-10-15-19-20-17(22-15)13-8-3-4-9-14(13)18/h3-9H,10H2,1-2H3. The van der Waals surface area contributed by atoms with E-state index in [9.17, 15) is 4.39 Å². The molecular weight excluding hydrogens is 283 g/mol. The van der Waals surface area contributed by atoms with Gasteiger partial charge in [0.25, 0.3) is 11.8 Å². The van der Waals surface area contributed by atoms with Gasteiger partial charge in [0.1, 0.15) is 11.6 Å². The van der Waals surface area contributed by atoms with Crippen LogP contribution in [-0.4, -0.2) is 10.2 Å². The molecule has 1 aromatic heterocycles. The van der Waals surface area contributed by atoms with Gasteiger partial charge in [-0.25, -0.2) is 4.39 Å². The molecule has 112 valence electrons. The zero-order chi connectivity index (χ0) is 15.5. The summed E-state index contributed by atoms with van der Waals surface area (Å²) in [6, 6.07) is 12.2. The van der Waals surface area contributed by atoms with E-state index in [-0.39, 0.29) is 18.1 Å². The SMILES string of the molecule is Cc1cccc(C)c1OCc1nnc(-c2ccccc2F)o1. The lowest BCUT2D eigenvalue weighted by molar-refractivity contribution is 0.261. The molecule has 0 aliphatic carbocycles. The van der Waals surface area contributed by atoms with E-state index in [1.54, 1.807) is 18.2 Å². The van der Waals surface area contributed by atoms with Gasteiger partial charge in [0.2, 0.25) is 0 Å². The molecule has 0 radical (unpaired) electrons. The summed E-state index contributed by atoms with van der Waals surface area (Å²) in [6.07, 6.45) is 0. The highest BCUT2D eigenvalue weighted by Crippen LogP contribution is 2.24. The molecule has 0 aliphatic heterocycles. The number of aromatic nitrogens is 2. The fourth-order valence-electron chi connectivity index (χ4n) is 2.22. The van der Waals surface area contributed by atoms with E-state index in [2.05, 4.69) is 10.2 Å². The van der Waals surface area contributed by atoms with Crippen molar-refractivity contribution in [3.05, 3.63) is 65.3 Å². The normalized spacial score (nSPS) is 10.7. The Morgan fingerprint density at radius 1 is 1.00 bits per heavy atom. The van der Waals surface area contributed by atoms with Gasteiger partial charge in [-0.3, -0.25) is 0 Å². The third-order valence-electron chi connectivity index (χ3n) is 3.32. The average molecular weight is 298 g/mol. The Labute approximate surface area is 127 Å². The summed E-state index contributed by atoms with van der Waals surface area (Å²) in [4.78, 5) is 0. The van der Waals surface area contributed by atoms with Crippen LogP contribution in [0.4, 0.5) is 4.39 Å². The lowest BCUT2D eigenvalue weighted by Crippen LogP contribution is -1.99. The lowest BCUT2D eigenvalue weighted by Gasteiger charge is -2.09. The Hall–Kier alpha value is -2.69. The van der Waals surface area contributed by atoms with Crippen molar-refractivity contribution in [2.24, 2.45) is 0 Å². The molecule has 0 unspecified atom stereocenters. The van der Waals surface area contributed by atoms with Gasteiger partial charge < -0.3 is 9.15 Å². The molecule has 0 saturated carbocycles. The van der Waals surface area contributed by atoms with Crippen molar-refractivity contribution < 1.29 is 13.5 Å². The molecule has 3 aromatic rings. The minimum Gasteiger partial charge on any atom is -0.483 e. The number of para-hydroxylation sites is 1. The summed E-state index contributed by atoms with van der Waals surface area (Å²) in [6.45, 7) is 4.09. The van der Waals surface area contributed by atoms with Gasteiger partial charge in [-0.05, 0) is 37.1 Å². The van der Waals surface area contributed by atoms with Crippen molar-refractivity contribution in [1.82, 2.24) is 10.2 Å². The number of aryl methyl sites for hydroxylation is 2. The Balaban J connectivity index is 1.77. The number of rotatable bonds is 4. The highest BCUT2D eigenvalue weighted by molar-refractivity contribution is 5.53. The van der Waals surface area contributed by atoms with Crippen LogP contribution in [0.25, 0.3) is 11.5 Å². The number of hydrogen-bond acceptors (Lipinski definition) is 4. The minimum absolute atomic E-state index is 0.146. The van der Waals surface area contributed by atoms with Crippen molar-refractivity contribution in [1.29, 1.82) is 0 Å². The summed E-state index contributed by atoms with van der Waals surface area (Å²) in [7, 11) is 0. The zero-order valence-corrected chi connectivity index (χ0v) is 12.3. The van der Waals surface area contributed by atoms with Crippen LogP contribution in [0.5, 0.6) is 5.75 Å². The van der Waals surface area contributed by atoms with E-state index in [4.69, 9.17) is 9.15 Å². The van der Waals surface area contributed by atoms with Gasteiger partial charge in [0.15, 0.2) is 6.61 Å². The van der Waals surface area contributed by atoms with Crippen LogP contribution < -0.4 is 4.74 Å². The quantitative estimate of drug-likeness (QED) is 0.728. The molecule has 0 aliphatic rings. The first kappa shape index (κ1) is 14.3. The summed E-state index contributed by atoms with van der Waals surface area (Å²) in [5.74, 6) is 0.862. The highest BCUT2D eigenvalue weighted by Gasteiger charge is 2.13. The summed E-state index contributed by atoms with van der Waals surface area (Å²) < 4.78 is 24.9. The Bertz CT molecular complexity index is 779. The van der Waals surface area contributed by atoms with Crippen LogP contribution in [0, 0.1) is 19.7 Å². The monoisotopic (exact) mass is 298 g/mol. The third kappa shape index (κ3) is 2.83. The molecule has 4 nitrogen and oxygen atoms in total. The highest BCUT2D eigenvalue weighted by atomic mass is 19.1. The van der Waals surface area contributed by atoms with E-state index in [0.717, 1.165) is 16.9 Å². The van der Waals surface area contributed by atoms with E-state index in [1.165, 1.54) is 6.07 Å². The van der Waals surface area contributed by atoms with E-state index < -0.39 is 5.82 Å². The van der Waals surface area contributed by atoms with E-state index >= 15 is 0 Å². The zero-order valence-electron chi connectivity index (χ0n) is 12.3. The maximum absolute atomic E-state index is 13.7. The lowest BCUT2D eigenvalue weighted by atomic mass is 10.1. The van der Waals surface area contributed by atoms with Gasteiger partial charge in [-0.15, -0.1) is 10.2 Å². The van der Waals surface area contributed by atoms with Crippen LogP contribution in [0.1, 0.15) is 17.0 Å². The van der Waals surface area contributed by atoms with Crippen molar-refractivity contribution in [2.75, 3.05) is 0 Å². The topological polar surface area (TPSA) is 48.2 Å². The molecule has 5 heteroatoms. The van der Waals surface area contributed by atoms with Gasteiger partial charge >= 0.3 is 0 Å². The maximum atomic E-state index is 13.7. The van der Waals surface area contributed by atoms with Crippen molar-refractivity contribution in [2.45, 2.75) is 20.5 Å². The fraction of sp³-hybridized carbons (Fsp3) is 0.176. The molecular formula is C17H15FN2O2. The fourth-order valence-corrected chi connectivity index (χ4v) is 2.22. The molecule has 0 bridgehead atoms. The maximum Gasteiger partial charge on any atom is 0.254 e. The molecule has 0 amide bonds. The Morgan fingerprint density at radius 3 is 2.45 bits per heavy atom. The average Bonchev–Trinajstić information content (AvgIpc) is 2.96. The summed E-state index contributed by atoms with van der Waals surface area (Å²) >= 11 is 0. The van der Waals surface area contributed by atoms with Crippen molar-refractivity contribution in [3.8, 4) is 17.2 Å². The van der Waals surface area contributed by atoms with Crippen LogP contribution >= 0.6 is 0 Å². The molecule has 2 aromatic carbocycles. The molecule has 0 fully saturated rings. The molecule has 22 heavy (non-hydrogen) atoms. The molecule has 3 rings (SSSR count). The van der Waals surface area contributed by atoms with E-state index in [0.29, 0.717) is 5.89 Å². The predicted octanol–water partition coefficient (Wildman–Crippen LogP) is 4.07. The Morgan fingerprint density at radius 2 is 1.73 bits per heavy atom. The smallest absolute Gasteiger partial charge is 0.254 e. The van der Waals surface area contributed by atoms with Gasteiger partial charge in [-0.1, -0.05) is 30.3 Å². The minimum atomic E-state index is -0.395. The largest absolute Gasteiger partial charge is 0.483 e. The molecule has 0 saturated heterocycles. The molecule has 0 N–H and O–H groups in total. The van der Waals surface area contributed by atoms with E-state index in [1.807, 2.05) is 32.0 Å². The molecule has 0 spiro atoms. The first-order valence-electron chi connectivity index (χ1n) is 6.91. The molecule has 1 heterocycles. The number of benzene rings is 2. The summed E-state index contributed by atoms with van der Waals surface area (Å²) in [5, 5.41) is 7.77. The van der Waals surface area contributed by atoms with Crippen LogP contribution in [0.3, 0.4) is 0 Å². The first-order chi connectivity index (χ1) is 10.6. The first-order valence-corrected chi connectivity index (χ1v) is 6.91. The number of ether oxygens (including phenoxy) is 1. The van der Waals surface area contributed by atoms with Gasteiger partial charge in [-0.2, -0.15) is 0 Å². The predicted molar refractivity (Wildman–Crippen MR) is 79.9 cm³/mol. The van der Waals surface area contributed by atoms with Gasteiger partial charge in [0.05, 0.1) is 5.56 Å². The second-order valence-corrected chi connectivity index (χ2v) is 4.99.